The maximum absolute atomic E-state index is 13.3. The average Bonchev–Trinajstić information content (AvgIpc) is 3.55. The largest absolute Gasteiger partial charge is 0.493 e. The van der Waals surface area contributed by atoms with Crippen molar-refractivity contribution in [2.75, 3.05) is 27.3 Å². The number of rotatable bonds is 13. The van der Waals surface area contributed by atoms with Crippen LogP contribution in [0.4, 0.5) is 4.79 Å². The van der Waals surface area contributed by atoms with Crippen molar-refractivity contribution in [2.24, 2.45) is 5.92 Å². The highest BCUT2D eigenvalue weighted by molar-refractivity contribution is 6.06. The van der Waals surface area contributed by atoms with Crippen LogP contribution in [0.3, 0.4) is 0 Å². The number of hydrogen-bond acceptors (Lipinski definition) is 10. The van der Waals surface area contributed by atoms with Crippen molar-refractivity contribution < 1.29 is 43.2 Å². The van der Waals surface area contributed by atoms with E-state index in [1.54, 1.807) is 14.2 Å². The number of aliphatic hydroxyl groups excluding tert-OH is 1. The van der Waals surface area contributed by atoms with Crippen LogP contribution in [0.5, 0.6) is 11.5 Å². The molecule has 3 amide bonds. The number of alkyl carbamates (subject to hydrolysis) is 1. The number of benzene rings is 5. The summed E-state index contributed by atoms with van der Waals surface area (Å²) in [6.45, 7) is 4.57. The normalized spacial score (nSPS) is 21.5. The van der Waals surface area contributed by atoms with E-state index < -0.39 is 24.3 Å². The molecule has 5 atom stereocenters. The van der Waals surface area contributed by atoms with Crippen LogP contribution in [0, 0.1) is 5.92 Å². The second-order valence-corrected chi connectivity index (χ2v) is 15.9. The molecule has 2 saturated heterocycles. The fourth-order valence-corrected chi connectivity index (χ4v) is 8.45. The maximum atomic E-state index is 13.3. The monoisotopic (exact) mass is 825 g/mol. The van der Waals surface area contributed by atoms with Gasteiger partial charge in [-0.05, 0) is 75.2 Å². The molecule has 0 aromatic heterocycles. The van der Waals surface area contributed by atoms with Crippen LogP contribution in [0.15, 0.2) is 115 Å². The molecule has 0 saturated carbocycles. The van der Waals surface area contributed by atoms with E-state index in [0.29, 0.717) is 12.3 Å². The number of nitrogens with zero attached hydrogens (tertiary/aromatic N) is 2. The molecule has 3 aliphatic heterocycles. The predicted molar refractivity (Wildman–Crippen MR) is 227 cm³/mol. The number of imide groups is 1. The average molecular weight is 826 g/mol. The molecule has 3 heterocycles. The van der Waals surface area contributed by atoms with Crippen molar-refractivity contribution >= 4 is 17.9 Å². The van der Waals surface area contributed by atoms with Gasteiger partial charge in [0.05, 0.1) is 46.0 Å². The highest BCUT2D eigenvalue weighted by Gasteiger charge is 2.41. The smallest absolute Gasteiger partial charge is 0.408 e. The first-order valence-corrected chi connectivity index (χ1v) is 20.7. The number of amides is 3. The van der Waals surface area contributed by atoms with E-state index in [0.717, 1.165) is 64.2 Å². The van der Waals surface area contributed by atoms with Crippen LogP contribution in [0.1, 0.15) is 64.7 Å². The second kappa shape index (κ2) is 18.7. The summed E-state index contributed by atoms with van der Waals surface area (Å²) in [5.74, 6) is 0.623. The number of methoxy groups -OCH3 is 2. The molecule has 61 heavy (non-hydrogen) atoms. The number of carbonyl (C=O) groups excluding carboxylic acids is 3. The molecule has 12 heteroatoms. The Morgan fingerprint density at radius 3 is 2.23 bits per heavy atom. The van der Waals surface area contributed by atoms with Gasteiger partial charge in [0, 0.05) is 31.1 Å². The first-order chi connectivity index (χ1) is 29.7. The molecule has 2 N–H and O–H groups in total. The van der Waals surface area contributed by atoms with Gasteiger partial charge in [0.2, 0.25) is 5.91 Å². The number of aliphatic hydroxyl groups is 1. The van der Waals surface area contributed by atoms with Crippen molar-refractivity contribution in [3.63, 3.8) is 0 Å². The quantitative estimate of drug-likeness (QED) is 0.117. The molecule has 5 aromatic rings. The topological polar surface area (TPSA) is 136 Å². The zero-order valence-electron chi connectivity index (χ0n) is 34.6. The lowest BCUT2D eigenvalue weighted by Gasteiger charge is -2.43. The fourth-order valence-electron chi connectivity index (χ4n) is 8.45. The van der Waals surface area contributed by atoms with Gasteiger partial charge in [0.25, 0.3) is 5.91 Å². The molecule has 0 aliphatic carbocycles. The van der Waals surface area contributed by atoms with Crippen LogP contribution in [0.2, 0.25) is 0 Å². The molecule has 3 aliphatic rings. The number of hydrogen-bond donors (Lipinski definition) is 2. The number of likely N-dealkylation sites (tertiary alicyclic amines) is 1. The molecular weight excluding hydrogens is 775 g/mol. The number of fused-ring (bicyclic) bond motifs is 1. The fraction of sp³-hybridized carbons (Fsp3) is 0.327. The van der Waals surface area contributed by atoms with Gasteiger partial charge in [-0.25, -0.2) is 4.79 Å². The summed E-state index contributed by atoms with van der Waals surface area (Å²) in [6.07, 6.45) is -1.12. The third-order valence-corrected chi connectivity index (χ3v) is 11.9. The van der Waals surface area contributed by atoms with Crippen molar-refractivity contribution in [1.82, 2.24) is 15.1 Å². The van der Waals surface area contributed by atoms with E-state index in [1.165, 1.54) is 16.0 Å². The summed E-state index contributed by atoms with van der Waals surface area (Å²) in [7, 11) is 3.32. The third-order valence-electron chi connectivity index (χ3n) is 11.9. The minimum absolute atomic E-state index is 0.00799. The Morgan fingerprint density at radius 2 is 1.49 bits per heavy atom. The van der Waals surface area contributed by atoms with E-state index in [-0.39, 0.29) is 50.2 Å². The lowest BCUT2D eigenvalue weighted by atomic mass is 9.89. The van der Waals surface area contributed by atoms with Crippen LogP contribution in [-0.4, -0.2) is 72.3 Å². The standard InChI is InChI=1S/C49H51N3O9/c1-31-44(28-51-20-19-38-23-42(57-2)43(58-3)24-40(38)27-51)60-48(61-46(31)35-17-15-32(29-53)16-18-35)39-14-8-13-37(22-39)36-12-7-11-34(21-36)26-52-45(54)25-41(47(52)55)50-49(56)59-30-33-9-5-4-6-10-33/h4-18,21-24,31,41,44,46,48,53H,19-20,25-30H2,1-3H3,(H,50,56)/t31-,41?,44+,46+,48+/m0/s1. The van der Waals surface area contributed by atoms with Crippen molar-refractivity contribution in [2.45, 2.75) is 70.6 Å². The first-order valence-electron chi connectivity index (χ1n) is 20.7. The number of nitrogens with one attached hydrogen (secondary N) is 1. The lowest BCUT2D eigenvalue weighted by molar-refractivity contribution is -0.276. The summed E-state index contributed by atoms with van der Waals surface area (Å²) >= 11 is 0. The van der Waals surface area contributed by atoms with Gasteiger partial charge in [-0.1, -0.05) is 97.9 Å². The lowest BCUT2D eigenvalue weighted by Crippen LogP contribution is -2.45. The van der Waals surface area contributed by atoms with Gasteiger partial charge < -0.3 is 34.1 Å². The molecule has 2 fully saturated rings. The number of carbonyl (C=O) groups is 3. The zero-order chi connectivity index (χ0) is 42.5. The third kappa shape index (κ3) is 9.48. The van der Waals surface area contributed by atoms with E-state index >= 15 is 0 Å². The molecule has 0 bridgehead atoms. The Bertz CT molecular complexity index is 2350. The van der Waals surface area contributed by atoms with Gasteiger partial charge >= 0.3 is 6.09 Å². The van der Waals surface area contributed by atoms with E-state index in [2.05, 4.69) is 35.3 Å². The molecule has 12 nitrogen and oxygen atoms in total. The SMILES string of the molecule is COc1cc2c(cc1OC)CN(C[C@H]1O[C@@H](c3cccc(-c4cccc(CN5C(=O)CC(NC(=O)OCc6ccccc6)C5=O)c4)c3)O[C@@H](c3ccc(CO)cc3)[C@H]1C)CC2. The Balaban J connectivity index is 0.976. The van der Waals surface area contributed by atoms with Gasteiger partial charge in [0.1, 0.15) is 12.6 Å². The molecule has 5 aromatic carbocycles. The second-order valence-electron chi connectivity index (χ2n) is 15.9. The number of ether oxygens (including phenoxy) is 5. The van der Waals surface area contributed by atoms with Gasteiger partial charge in [-0.15, -0.1) is 0 Å². The van der Waals surface area contributed by atoms with Crippen molar-refractivity contribution in [3.05, 3.63) is 154 Å². The van der Waals surface area contributed by atoms with E-state index in [4.69, 9.17) is 23.7 Å². The highest BCUT2D eigenvalue weighted by Crippen LogP contribution is 2.43. The molecule has 0 spiro atoms. The zero-order valence-corrected chi connectivity index (χ0v) is 34.6. The molecule has 8 rings (SSSR count). The van der Waals surface area contributed by atoms with E-state index in [9.17, 15) is 19.5 Å². The highest BCUT2D eigenvalue weighted by atomic mass is 16.7. The molecule has 1 unspecified atom stereocenters. The van der Waals surface area contributed by atoms with Crippen LogP contribution in [0.25, 0.3) is 11.1 Å². The molecule has 316 valence electrons. The maximum Gasteiger partial charge on any atom is 0.408 e. The minimum atomic E-state index is -0.993. The Kier molecular flexibility index (Phi) is 12.8. The Morgan fingerprint density at radius 1 is 0.787 bits per heavy atom. The predicted octanol–water partition coefficient (Wildman–Crippen LogP) is 7.27. The van der Waals surface area contributed by atoms with Crippen LogP contribution < -0.4 is 14.8 Å². The summed E-state index contributed by atoms with van der Waals surface area (Å²) in [5.41, 5.74) is 8.56. The summed E-state index contributed by atoms with van der Waals surface area (Å²) in [6, 6.07) is 36.1. The minimum Gasteiger partial charge on any atom is -0.493 e. The van der Waals surface area contributed by atoms with Crippen LogP contribution >= 0.6 is 0 Å². The molecular formula is C49H51N3O9. The molecule has 0 radical (unpaired) electrons. The summed E-state index contributed by atoms with van der Waals surface area (Å²) < 4.78 is 30.2. The van der Waals surface area contributed by atoms with Gasteiger partial charge in [0.15, 0.2) is 17.8 Å². The Hall–Kier alpha value is -6.05. The first kappa shape index (κ1) is 41.7. The van der Waals surface area contributed by atoms with Crippen molar-refractivity contribution in [1.29, 1.82) is 0 Å². The van der Waals surface area contributed by atoms with E-state index in [1.807, 2.05) is 97.1 Å². The van der Waals surface area contributed by atoms with Crippen molar-refractivity contribution in [3.8, 4) is 22.6 Å². The van der Waals surface area contributed by atoms with Gasteiger partial charge in [-0.3, -0.25) is 19.4 Å². The van der Waals surface area contributed by atoms with Crippen LogP contribution in [-0.2, 0) is 56.5 Å². The summed E-state index contributed by atoms with van der Waals surface area (Å²) in [5, 5.41) is 12.3. The van der Waals surface area contributed by atoms with Gasteiger partial charge in [-0.2, -0.15) is 0 Å². The summed E-state index contributed by atoms with van der Waals surface area (Å²) in [4.78, 5) is 42.5. The Labute approximate surface area is 355 Å².